The number of benzene rings is 2. The molecule has 7 heteroatoms. The van der Waals surface area contributed by atoms with Gasteiger partial charge in [-0.05, 0) is 62.6 Å². The number of ketones is 1. The Morgan fingerprint density at radius 3 is 2.38 bits per heavy atom. The molecule has 0 saturated carbocycles. The van der Waals surface area contributed by atoms with Crippen molar-refractivity contribution in [2.45, 2.75) is 39.2 Å². The molecule has 0 aliphatic carbocycles. The number of fused-ring (bicyclic) bond motifs is 1. The summed E-state index contributed by atoms with van der Waals surface area (Å²) in [6.07, 6.45) is 3.98. The molecule has 1 saturated heterocycles. The molecule has 0 bridgehead atoms. The minimum absolute atomic E-state index is 0.0418. The molecule has 5 rings (SSSR count). The molecule has 34 heavy (non-hydrogen) atoms. The van der Waals surface area contributed by atoms with Crippen molar-refractivity contribution in [3.63, 3.8) is 0 Å². The molecule has 2 aromatic carbocycles. The van der Waals surface area contributed by atoms with Crippen LogP contribution in [0.4, 0.5) is 10.1 Å². The van der Waals surface area contributed by atoms with E-state index in [0.717, 1.165) is 56.7 Å². The van der Waals surface area contributed by atoms with Crippen LogP contribution in [-0.2, 0) is 13.0 Å². The first-order valence-corrected chi connectivity index (χ1v) is 12.0. The zero-order valence-electron chi connectivity index (χ0n) is 19.5. The first kappa shape index (κ1) is 22.3. The summed E-state index contributed by atoms with van der Waals surface area (Å²) in [4.78, 5) is 34.0. The lowest BCUT2D eigenvalue weighted by Gasteiger charge is -2.36. The van der Waals surface area contributed by atoms with Crippen LogP contribution < -0.4 is 4.90 Å². The lowest BCUT2D eigenvalue weighted by molar-refractivity contribution is 0.0740. The molecule has 1 fully saturated rings. The molecule has 6 nitrogen and oxygen atoms in total. The van der Waals surface area contributed by atoms with Crippen molar-refractivity contribution >= 4 is 17.4 Å². The van der Waals surface area contributed by atoms with Gasteiger partial charge in [-0.15, -0.1) is 0 Å². The number of imidazole rings is 1. The van der Waals surface area contributed by atoms with Crippen LogP contribution in [0.2, 0.25) is 0 Å². The topological polar surface area (TPSA) is 58.4 Å². The molecule has 1 amide bonds. The Morgan fingerprint density at radius 2 is 1.68 bits per heavy atom. The number of hydrogen-bond donors (Lipinski definition) is 0. The fourth-order valence-corrected chi connectivity index (χ4v) is 4.96. The van der Waals surface area contributed by atoms with Gasteiger partial charge in [-0.2, -0.15) is 0 Å². The van der Waals surface area contributed by atoms with Crippen LogP contribution in [-0.4, -0.2) is 52.3 Å². The highest BCUT2D eigenvalue weighted by Crippen LogP contribution is 2.29. The van der Waals surface area contributed by atoms with Crippen molar-refractivity contribution < 1.29 is 14.0 Å². The van der Waals surface area contributed by atoms with Gasteiger partial charge in [-0.1, -0.05) is 18.6 Å². The van der Waals surface area contributed by atoms with E-state index in [1.165, 1.54) is 12.1 Å². The molecule has 0 atom stereocenters. The van der Waals surface area contributed by atoms with Crippen LogP contribution >= 0.6 is 0 Å². The SMILES string of the molecule is CC(=O)c1ccc(N2CCN(C(=O)c3nc(-c4cccc(F)c4)n4c3CCCCC4)CC2)cc1. The second-order valence-electron chi connectivity index (χ2n) is 9.09. The minimum atomic E-state index is -0.302. The van der Waals surface area contributed by atoms with Gasteiger partial charge in [0.2, 0.25) is 0 Å². The summed E-state index contributed by atoms with van der Waals surface area (Å²) >= 11 is 0. The second kappa shape index (κ2) is 9.41. The van der Waals surface area contributed by atoms with E-state index in [1.807, 2.05) is 35.2 Å². The molecule has 3 aromatic rings. The van der Waals surface area contributed by atoms with Crippen molar-refractivity contribution in [2.24, 2.45) is 0 Å². The highest BCUT2D eigenvalue weighted by atomic mass is 19.1. The Hall–Kier alpha value is -3.48. The number of aromatic nitrogens is 2. The van der Waals surface area contributed by atoms with Gasteiger partial charge in [0.1, 0.15) is 17.3 Å². The average Bonchev–Trinajstić information content (AvgIpc) is 3.04. The molecule has 0 radical (unpaired) electrons. The predicted molar refractivity (Wildman–Crippen MR) is 130 cm³/mol. The Kier molecular flexibility index (Phi) is 6.18. The number of carbonyl (C=O) groups is 2. The van der Waals surface area contributed by atoms with Gasteiger partial charge in [-0.25, -0.2) is 9.37 Å². The Morgan fingerprint density at radius 1 is 0.912 bits per heavy atom. The van der Waals surface area contributed by atoms with Gasteiger partial charge >= 0.3 is 0 Å². The molecule has 2 aliphatic heterocycles. The van der Waals surface area contributed by atoms with E-state index in [4.69, 9.17) is 4.98 Å². The lowest BCUT2D eigenvalue weighted by atomic mass is 10.1. The van der Waals surface area contributed by atoms with Crippen molar-refractivity contribution in [3.8, 4) is 11.4 Å². The third kappa shape index (κ3) is 4.34. The first-order chi connectivity index (χ1) is 16.5. The van der Waals surface area contributed by atoms with E-state index in [1.54, 1.807) is 13.0 Å². The van der Waals surface area contributed by atoms with Gasteiger partial charge in [0, 0.05) is 49.5 Å². The molecular formula is C27H29FN4O2. The van der Waals surface area contributed by atoms with Crippen LogP contribution in [0, 0.1) is 5.82 Å². The number of amides is 1. The summed E-state index contributed by atoms with van der Waals surface area (Å²) in [6, 6.07) is 14.1. The summed E-state index contributed by atoms with van der Waals surface area (Å²) in [5.74, 6) is 0.395. The third-order valence-electron chi connectivity index (χ3n) is 6.86. The Balaban J connectivity index is 1.36. The van der Waals surface area contributed by atoms with Crippen LogP contribution in [0.3, 0.4) is 0 Å². The zero-order valence-corrected chi connectivity index (χ0v) is 19.5. The highest BCUT2D eigenvalue weighted by molar-refractivity contribution is 5.95. The molecule has 3 heterocycles. The predicted octanol–water partition coefficient (Wildman–Crippen LogP) is 4.58. The smallest absolute Gasteiger partial charge is 0.274 e. The molecule has 2 aliphatic rings. The first-order valence-electron chi connectivity index (χ1n) is 12.0. The van der Waals surface area contributed by atoms with Gasteiger partial charge in [-0.3, -0.25) is 9.59 Å². The monoisotopic (exact) mass is 460 g/mol. The van der Waals surface area contributed by atoms with Crippen LogP contribution in [0.15, 0.2) is 48.5 Å². The molecule has 0 spiro atoms. The van der Waals surface area contributed by atoms with Crippen LogP contribution in [0.25, 0.3) is 11.4 Å². The van der Waals surface area contributed by atoms with Gasteiger partial charge < -0.3 is 14.4 Å². The molecular weight excluding hydrogens is 431 g/mol. The lowest BCUT2D eigenvalue weighted by Crippen LogP contribution is -2.49. The quantitative estimate of drug-likeness (QED) is 0.535. The normalized spacial score (nSPS) is 16.2. The fraction of sp³-hybridized carbons (Fsp3) is 0.370. The van der Waals surface area contributed by atoms with Crippen LogP contribution in [0.5, 0.6) is 0 Å². The van der Waals surface area contributed by atoms with Gasteiger partial charge in [0.05, 0.1) is 5.69 Å². The number of piperazine rings is 1. The molecule has 176 valence electrons. The minimum Gasteiger partial charge on any atom is -0.368 e. The maximum Gasteiger partial charge on any atom is 0.274 e. The van der Waals surface area contributed by atoms with E-state index >= 15 is 0 Å². The van der Waals surface area contributed by atoms with E-state index < -0.39 is 0 Å². The van der Waals surface area contributed by atoms with Crippen molar-refractivity contribution in [1.82, 2.24) is 14.5 Å². The second-order valence-corrected chi connectivity index (χ2v) is 9.09. The number of nitrogens with zero attached hydrogens (tertiary/aromatic N) is 4. The summed E-state index contributed by atoms with van der Waals surface area (Å²) in [5, 5.41) is 0. The van der Waals surface area contributed by atoms with E-state index in [2.05, 4.69) is 9.47 Å². The van der Waals surface area contributed by atoms with Crippen molar-refractivity contribution in [1.29, 1.82) is 0 Å². The molecule has 0 N–H and O–H groups in total. The van der Waals surface area contributed by atoms with E-state index in [0.29, 0.717) is 35.7 Å². The Labute approximate surface area is 199 Å². The number of Topliss-reactive ketones (excluding diaryl/α,β-unsaturated/α-hetero) is 1. The van der Waals surface area contributed by atoms with Gasteiger partial charge in [0.25, 0.3) is 5.91 Å². The summed E-state index contributed by atoms with van der Waals surface area (Å²) in [6.45, 7) is 5.01. The van der Waals surface area contributed by atoms with E-state index in [9.17, 15) is 14.0 Å². The van der Waals surface area contributed by atoms with Crippen LogP contribution in [0.1, 0.15) is 52.7 Å². The highest BCUT2D eigenvalue weighted by Gasteiger charge is 2.29. The summed E-state index contributed by atoms with van der Waals surface area (Å²) < 4.78 is 16.1. The molecule has 1 aromatic heterocycles. The number of halogens is 1. The maximum atomic E-state index is 13.9. The number of rotatable bonds is 4. The number of anilines is 1. The maximum absolute atomic E-state index is 13.9. The van der Waals surface area contributed by atoms with E-state index in [-0.39, 0.29) is 17.5 Å². The molecule has 0 unspecified atom stereocenters. The standard InChI is InChI=1S/C27H29FN4O2/c1-19(33)20-9-11-23(12-10-20)30-14-16-31(17-15-30)27(34)25-24-8-3-2-4-13-32(24)26(29-25)21-6-5-7-22(28)18-21/h5-7,9-12,18H,2-4,8,13-17H2,1H3. The zero-order chi connectivity index (χ0) is 23.7. The average molecular weight is 461 g/mol. The van der Waals surface area contributed by atoms with Gasteiger partial charge in [0.15, 0.2) is 5.78 Å². The summed E-state index contributed by atoms with van der Waals surface area (Å²) in [7, 11) is 0. The third-order valence-corrected chi connectivity index (χ3v) is 6.86. The van der Waals surface area contributed by atoms with Crippen molar-refractivity contribution in [2.75, 3.05) is 31.1 Å². The number of hydrogen-bond acceptors (Lipinski definition) is 4. The fourth-order valence-electron chi connectivity index (χ4n) is 4.96. The van der Waals surface area contributed by atoms with Crippen molar-refractivity contribution in [3.05, 3.63) is 71.3 Å². The number of carbonyl (C=O) groups excluding carboxylic acids is 2. The largest absolute Gasteiger partial charge is 0.368 e. The summed E-state index contributed by atoms with van der Waals surface area (Å²) in [5.41, 5.74) is 3.96. The Bertz CT molecular complexity index is 1210.